The number of halogens is 1. The molecular formula is C31H27ClN2O7S2. The van der Waals surface area contributed by atoms with Gasteiger partial charge in [-0.2, -0.15) is 8.42 Å². The molecule has 1 atom stereocenters. The van der Waals surface area contributed by atoms with E-state index in [4.69, 9.17) is 25.3 Å². The van der Waals surface area contributed by atoms with Gasteiger partial charge in [-0.15, -0.1) is 0 Å². The van der Waals surface area contributed by atoms with E-state index < -0.39 is 27.7 Å². The zero-order valence-corrected chi connectivity index (χ0v) is 26.0. The van der Waals surface area contributed by atoms with Crippen LogP contribution in [0.15, 0.2) is 92.7 Å². The second kappa shape index (κ2) is 12.2. The summed E-state index contributed by atoms with van der Waals surface area (Å²) in [6.07, 6.45) is 1.50. The van der Waals surface area contributed by atoms with Crippen LogP contribution in [0.25, 0.3) is 6.08 Å². The number of rotatable bonds is 8. The minimum atomic E-state index is -4.18. The molecule has 12 heteroatoms. The summed E-state index contributed by atoms with van der Waals surface area (Å²) in [6.45, 7) is 5.40. The van der Waals surface area contributed by atoms with Crippen molar-refractivity contribution in [1.29, 1.82) is 0 Å². The van der Waals surface area contributed by atoms with Crippen LogP contribution in [0.3, 0.4) is 0 Å². The Morgan fingerprint density at radius 2 is 1.77 bits per heavy atom. The zero-order valence-electron chi connectivity index (χ0n) is 23.7. The normalized spacial score (nSPS) is 15.1. The Kier molecular flexibility index (Phi) is 8.59. The van der Waals surface area contributed by atoms with Crippen molar-refractivity contribution < 1.29 is 26.9 Å². The first-order valence-electron chi connectivity index (χ1n) is 13.2. The van der Waals surface area contributed by atoms with Crippen molar-refractivity contribution in [3.63, 3.8) is 0 Å². The van der Waals surface area contributed by atoms with Gasteiger partial charge in [-0.3, -0.25) is 9.36 Å². The maximum Gasteiger partial charge on any atom is 0.339 e. The summed E-state index contributed by atoms with van der Waals surface area (Å²) in [5, 5.41) is 0.315. The molecule has 2 heterocycles. The van der Waals surface area contributed by atoms with Crippen LogP contribution in [0.2, 0.25) is 5.02 Å². The first kappa shape index (κ1) is 30.3. The molecule has 5 rings (SSSR count). The van der Waals surface area contributed by atoms with Gasteiger partial charge in [-0.05, 0) is 74.9 Å². The van der Waals surface area contributed by atoms with Crippen LogP contribution in [0, 0.1) is 6.92 Å². The summed E-state index contributed by atoms with van der Waals surface area (Å²) < 4.78 is 43.9. The van der Waals surface area contributed by atoms with E-state index >= 15 is 0 Å². The lowest BCUT2D eigenvalue weighted by atomic mass is 9.96. The summed E-state index contributed by atoms with van der Waals surface area (Å²) >= 11 is 7.36. The molecule has 1 aromatic heterocycles. The SMILES string of the molecule is CCOC(=O)C1=C(C)N=c2sc(=Cc3cc(Cl)ccc3OS(=O)(=O)c3ccc(C)cc3)c(=O)n2C1c1ccc(OC)cc1. The molecule has 0 spiro atoms. The third kappa shape index (κ3) is 6.15. The van der Waals surface area contributed by atoms with Crippen LogP contribution in [0.4, 0.5) is 0 Å². The van der Waals surface area contributed by atoms with Crippen LogP contribution >= 0.6 is 22.9 Å². The lowest BCUT2D eigenvalue weighted by Crippen LogP contribution is -2.39. The second-order valence-corrected chi connectivity index (χ2v) is 12.6. The number of hydrogen-bond acceptors (Lipinski definition) is 9. The third-order valence-electron chi connectivity index (χ3n) is 6.72. The smallest absolute Gasteiger partial charge is 0.339 e. The highest BCUT2D eigenvalue weighted by Gasteiger charge is 2.33. The number of aryl methyl sites for hydroxylation is 1. The van der Waals surface area contributed by atoms with E-state index in [1.165, 1.54) is 41.0 Å². The van der Waals surface area contributed by atoms with Crippen molar-refractivity contribution in [1.82, 2.24) is 4.57 Å². The van der Waals surface area contributed by atoms with Crippen LogP contribution < -0.4 is 23.8 Å². The number of fused-ring (bicyclic) bond motifs is 1. The van der Waals surface area contributed by atoms with Gasteiger partial charge in [0.25, 0.3) is 5.56 Å². The van der Waals surface area contributed by atoms with E-state index in [0.29, 0.717) is 26.8 Å². The quantitative estimate of drug-likeness (QED) is 0.206. The summed E-state index contributed by atoms with van der Waals surface area (Å²) in [4.78, 5) is 32.0. The van der Waals surface area contributed by atoms with Crippen LogP contribution in [0.5, 0.6) is 11.5 Å². The van der Waals surface area contributed by atoms with Gasteiger partial charge in [0, 0.05) is 10.6 Å². The molecule has 9 nitrogen and oxygen atoms in total. The van der Waals surface area contributed by atoms with E-state index in [9.17, 15) is 18.0 Å². The Labute approximate surface area is 257 Å². The molecule has 4 aromatic rings. The third-order valence-corrected chi connectivity index (χ3v) is 9.18. The highest BCUT2D eigenvalue weighted by atomic mass is 35.5. The maximum absolute atomic E-state index is 14.0. The standard InChI is InChI=1S/C31H27ClN2O7S2/c1-5-40-30(36)27-19(3)33-31-34(28(27)20-8-11-23(39-4)12-9-20)29(35)26(42-31)17-21-16-22(32)10-15-25(21)41-43(37,38)24-13-6-18(2)7-14-24/h6-17,28H,5H2,1-4H3. The molecule has 0 radical (unpaired) electrons. The number of aromatic nitrogens is 1. The van der Waals surface area contributed by atoms with Crippen molar-refractivity contribution in [2.45, 2.75) is 31.7 Å². The fourth-order valence-electron chi connectivity index (χ4n) is 4.61. The van der Waals surface area contributed by atoms with Crippen molar-refractivity contribution in [2.75, 3.05) is 13.7 Å². The number of carbonyl (C=O) groups excluding carboxylic acids is 1. The van der Waals surface area contributed by atoms with E-state index in [0.717, 1.165) is 16.9 Å². The molecule has 1 aliphatic heterocycles. The molecular weight excluding hydrogens is 612 g/mol. The topological polar surface area (TPSA) is 113 Å². The Morgan fingerprint density at radius 3 is 2.42 bits per heavy atom. The highest BCUT2D eigenvalue weighted by molar-refractivity contribution is 7.87. The predicted octanol–water partition coefficient (Wildman–Crippen LogP) is 4.54. The van der Waals surface area contributed by atoms with E-state index in [1.807, 2.05) is 6.92 Å². The van der Waals surface area contributed by atoms with Gasteiger partial charge < -0.3 is 13.7 Å². The Balaban J connectivity index is 1.65. The summed E-state index contributed by atoms with van der Waals surface area (Å²) in [5.41, 5.74) is 2.05. The number of thiazole rings is 1. The van der Waals surface area contributed by atoms with Crippen LogP contribution in [-0.4, -0.2) is 32.7 Å². The Bertz CT molecular complexity index is 2030. The van der Waals surface area contributed by atoms with E-state index in [2.05, 4.69) is 4.99 Å². The lowest BCUT2D eigenvalue weighted by molar-refractivity contribution is -0.139. The number of esters is 1. The monoisotopic (exact) mass is 638 g/mol. The molecule has 222 valence electrons. The minimum Gasteiger partial charge on any atom is -0.497 e. The highest BCUT2D eigenvalue weighted by Crippen LogP contribution is 2.32. The predicted molar refractivity (Wildman–Crippen MR) is 164 cm³/mol. The Morgan fingerprint density at radius 1 is 1.07 bits per heavy atom. The molecule has 3 aromatic carbocycles. The molecule has 43 heavy (non-hydrogen) atoms. The number of nitrogens with zero attached hydrogens (tertiary/aromatic N) is 2. The Hall–Kier alpha value is -4.19. The number of ether oxygens (including phenoxy) is 2. The van der Waals surface area contributed by atoms with Crippen molar-refractivity contribution >= 4 is 45.1 Å². The van der Waals surface area contributed by atoms with Gasteiger partial charge >= 0.3 is 16.1 Å². The van der Waals surface area contributed by atoms with Crippen molar-refractivity contribution in [2.24, 2.45) is 4.99 Å². The first-order valence-corrected chi connectivity index (χ1v) is 15.8. The number of benzene rings is 3. The number of carbonyl (C=O) groups is 1. The number of allylic oxidation sites excluding steroid dienone is 1. The molecule has 1 unspecified atom stereocenters. The fraction of sp³-hybridized carbons (Fsp3) is 0.194. The van der Waals surface area contributed by atoms with E-state index in [-0.39, 0.29) is 32.9 Å². The van der Waals surface area contributed by atoms with Gasteiger partial charge in [0.05, 0.1) is 35.6 Å². The van der Waals surface area contributed by atoms with Gasteiger partial charge in [-0.25, -0.2) is 9.79 Å². The molecule has 0 amide bonds. The van der Waals surface area contributed by atoms with Gasteiger partial charge in [0.2, 0.25) is 0 Å². The van der Waals surface area contributed by atoms with Gasteiger partial charge in [-0.1, -0.05) is 52.8 Å². The van der Waals surface area contributed by atoms with Crippen molar-refractivity contribution in [3.05, 3.63) is 119 Å². The first-order chi connectivity index (χ1) is 20.5. The average molecular weight is 639 g/mol. The molecule has 0 bridgehead atoms. The average Bonchev–Trinajstić information content (AvgIpc) is 3.28. The summed E-state index contributed by atoms with van der Waals surface area (Å²) in [6, 6.07) is 16.9. The maximum atomic E-state index is 14.0. The van der Waals surface area contributed by atoms with Gasteiger partial charge in [0.15, 0.2) is 4.80 Å². The summed E-state index contributed by atoms with van der Waals surface area (Å²) in [7, 11) is -2.63. The largest absolute Gasteiger partial charge is 0.497 e. The molecule has 0 fully saturated rings. The molecule has 0 aliphatic carbocycles. The molecule has 0 N–H and O–H groups in total. The van der Waals surface area contributed by atoms with Crippen LogP contribution in [0.1, 0.15) is 36.6 Å². The summed E-state index contributed by atoms with van der Waals surface area (Å²) in [5.74, 6) is 0.0280. The second-order valence-electron chi connectivity index (χ2n) is 9.61. The van der Waals surface area contributed by atoms with Gasteiger partial charge in [0.1, 0.15) is 16.4 Å². The van der Waals surface area contributed by atoms with Crippen LogP contribution in [-0.2, 0) is 19.6 Å². The minimum absolute atomic E-state index is 0.00842. The molecule has 0 saturated carbocycles. The number of hydrogen-bond donors (Lipinski definition) is 0. The molecule has 0 saturated heterocycles. The lowest BCUT2D eigenvalue weighted by Gasteiger charge is -2.24. The zero-order chi connectivity index (χ0) is 30.9. The van der Waals surface area contributed by atoms with E-state index in [1.54, 1.807) is 57.4 Å². The fourth-order valence-corrected chi connectivity index (χ4v) is 6.79. The number of methoxy groups -OCH3 is 1. The molecule has 1 aliphatic rings. The van der Waals surface area contributed by atoms with Crippen molar-refractivity contribution in [3.8, 4) is 11.5 Å².